The number of nitrogens with zero attached hydrogens (tertiary/aromatic N) is 1. The van der Waals surface area contributed by atoms with E-state index in [1.807, 2.05) is 36.4 Å². The number of aromatic nitrogens is 1. The summed E-state index contributed by atoms with van der Waals surface area (Å²) in [6.07, 6.45) is -1.24. The molecule has 4 aromatic rings. The molecule has 3 aromatic carbocycles. The van der Waals surface area contributed by atoms with Crippen LogP contribution in [0, 0.1) is 6.92 Å². The zero-order valence-corrected chi connectivity index (χ0v) is 21.9. The highest BCUT2D eigenvalue weighted by molar-refractivity contribution is 6.30. The van der Waals surface area contributed by atoms with Crippen LogP contribution in [0.5, 0.6) is 0 Å². The summed E-state index contributed by atoms with van der Waals surface area (Å²) in [6, 6.07) is 19.2. The third-order valence-corrected chi connectivity index (χ3v) is 7.58. The van der Waals surface area contributed by atoms with E-state index in [2.05, 4.69) is 50.2 Å². The van der Waals surface area contributed by atoms with E-state index in [1.165, 1.54) is 5.69 Å². The number of anilines is 4. The maximum atomic E-state index is 13.5. The number of halogens is 1. The van der Waals surface area contributed by atoms with Crippen molar-refractivity contribution in [3.05, 3.63) is 92.7 Å². The topological polar surface area (TPSA) is 104 Å². The van der Waals surface area contributed by atoms with Crippen LogP contribution in [0.15, 0.2) is 65.5 Å². The summed E-state index contributed by atoms with van der Waals surface area (Å²) in [6.45, 7) is 6.16. The molecule has 1 saturated heterocycles. The second kappa shape index (κ2) is 10.2. The minimum Gasteiger partial charge on any atom is -0.387 e. The molecular formula is C29H31ClN6O2. The van der Waals surface area contributed by atoms with Gasteiger partial charge in [-0.25, -0.2) is 0 Å². The molecule has 1 aromatic heterocycles. The minimum atomic E-state index is -0.801. The lowest BCUT2D eigenvalue weighted by Gasteiger charge is -2.30. The highest BCUT2D eigenvalue weighted by Gasteiger charge is 2.29. The van der Waals surface area contributed by atoms with Gasteiger partial charge >= 0.3 is 0 Å². The quantitative estimate of drug-likeness (QED) is 0.217. The van der Waals surface area contributed by atoms with Gasteiger partial charge in [-0.15, -0.1) is 0 Å². The molecule has 3 heterocycles. The zero-order chi connectivity index (χ0) is 26.2. The second-order valence-corrected chi connectivity index (χ2v) is 10.3. The number of aliphatic hydroxyl groups excluding tert-OH is 1. The number of para-hydroxylation sites is 1. The van der Waals surface area contributed by atoms with Gasteiger partial charge in [-0.3, -0.25) is 4.79 Å². The first kappa shape index (κ1) is 24.6. The third-order valence-electron chi connectivity index (χ3n) is 7.34. The summed E-state index contributed by atoms with van der Waals surface area (Å²) in [5.74, 6) is 0. The molecule has 0 spiro atoms. The summed E-state index contributed by atoms with van der Waals surface area (Å²) in [5, 5.41) is 26.2. The van der Waals surface area contributed by atoms with Crippen molar-refractivity contribution in [2.24, 2.45) is 0 Å². The van der Waals surface area contributed by atoms with Crippen molar-refractivity contribution < 1.29 is 5.11 Å². The summed E-state index contributed by atoms with van der Waals surface area (Å²) >= 11 is 6.13. The van der Waals surface area contributed by atoms with Crippen molar-refractivity contribution >= 4 is 45.3 Å². The minimum absolute atomic E-state index is 0.193. The molecular weight excluding hydrogens is 500 g/mol. The summed E-state index contributed by atoms with van der Waals surface area (Å²) in [4.78, 5) is 18.9. The summed E-state index contributed by atoms with van der Waals surface area (Å²) < 4.78 is 0. The van der Waals surface area contributed by atoms with Gasteiger partial charge in [0.2, 0.25) is 0 Å². The van der Waals surface area contributed by atoms with E-state index in [0.29, 0.717) is 21.8 Å². The van der Waals surface area contributed by atoms with Crippen LogP contribution < -0.4 is 31.7 Å². The predicted molar refractivity (Wildman–Crippen MR) is 156 cm³/mol. The van der Waals surface area contributed by atoms with Crippen LogP contribution in [0.2, 0.25) is 5.02 Å². The first-order chi connectivity index (χ1) is 18.5. The molecule has 1 fully saturated rings. The smallest absolute Gasteiger partial charge is 0.257 e. The van der Waals surface area contributed by atoms with Crippen LogP contribution in [0.25, 0.3) is 10.9 Å². The van der Waals surface area contributed by atoms with E-state index in [4.69, 9.17) is 11.6 Å². The molecule has 9 heteroatoms. The predicted octanol–water partition coefficient (Wildman–Crippen LogP) is 4.58. The Morgan fingerprint density at radius 2 is 1.89 bits per heavy atom. The largest absolute Gasteiger partial charge is 0.387 e. The van der Waals surface area contributed by atoms with Gasteiger partial charge in [-0.2, -0.15) is 0 Å². The maximum Gasteiger partial charge on any atom is 0.257 e. The van der Waals surface area contributed by atoms with Gasteiger partial charge in [0.05, 0.1) is 34.2 Å². The molecule has 2 atom stereocenters. The van der Waals surface area contributed by atoms with Crippen LogP contribution in [0.3, 0.4) is 0 Å². The van der Waals surface area contributed by atoms with Gasteiger partial charge < -0.3 is 36.3 Å². The standard InChI is InChI=1S/C29H31ClN6O2/c1-17-13-20(36-11-9-31-10-12-36)15-23-26(17)35-28(33-23)25-27(21-7-2-3-8-22(21)34-29(25)38)32-16-24(37)18-5-4-6-19(30)14-18/h2-8,13-15,24,28,31,33,35,37H,9-12,16H2,1H3,(H2,32,34,38)/t24-,28?/m0/s1. The molecule has 38 heavy (non-hydrogen) atoms. The molecule has 0 aliphatic carbocycles. The fourth-order valence-corrected chi connectivity index (χ4v) is 5.61. The van der Waals surface area contributed by atoms with Gasteiger partial charge in [0.1, 0.15) is 6.17 Å². The Morgan fingerprint density at radius 3 is 2.71 bits per heavy atom. The van der Waals surface area contributed by atoms with Crippen molar-refractivity contribution in [1.29, 1.82) is 0 Å². The van der Waals surface area contributed by atoms with Gasteiger partial charge in [-0.1, -0.05) is 41.9 Å². The number of hydrogen-bond acceptors (Lipinski definition) is 7. The number of aromatic amines is 1. The molecule has 196 valence electrons. The van der Waals surface area contributed by atoms with Gasteiger partial charge in [0.15, 0.2) is 0 Å². The number of hydrogen-bond donors (Lipinski definition) is 6. The molecule has 6 N–H and O–H groups in total. The summed E-state index contributed by atoms with van der Waals surface area (Å²) in [7, 11) is 0. The summed E-state index contributed by atoms with van der Waals surface area (Å²) in [5.41, 5.74) is 6.73. The highest BCUT2D eigenvalue weighted by atomic mass is 35.5. The Kier molecular flexibility index (Phi) is 6.61. The highest BCUT2D eigenvalue weighted by Crippen LogP contribution is 2.42. The van der Waals surface area contributed by atoms with Crippen LogP contribution in [0.1, 0.15) is 29.0 Å². The molecule has 6 rings (SSSR count). The number of nitrogens with one attached hydrogen (secondary N) is 5. The van der Waals surface area contributed by atoms with Gasteiger partial charge in [0, 0.05) is 48.8 Å². The fourth-order valence-electron chi connectivity index (χ4n) is 5.41. The number of benzene rings is 3. The lowest BCUT2D eigenvalue weighted by atomic mass is 10.1. The second-order valence-electron chi connectivity index (χ2n) is 9.88. The monoisotopic (exact) mass is 530 g/mol. The van der Waals surface area contributed by atoms with E-state index in [0.717, 1.165) is 54.0 Å². The molecule has 1 unspecified atom stereocenters. The maximum absolute atomic E-state index is 13.5. The number of H-pyrrole nitrogens is 1. The van der Waals surface area contributed by atoms with Crippen LogP contribution in [-0.2, 0) is 0 Å². The number of aryl methyl sites for hydroxylation is 1. The molecule has 8 nitrogen and oxygen atoms in total. The van der Waals surface area contributed by atoms with E-state index in [-0.39, 0.29) is 12.1 Å². The zero-order valence-electron chi connectivity index (χ0n) is 21.1. The molecule has 2 aliphatic heterocycles. The van der Waals surface area contributed by atoms with Crippen LogP contribution >= 0.6 is 11.6 Å². The Bertz CT molecular complexity index is 1550. The van der Waals surface area contributed by atoms with E-state index in [1.54, 1.807) is 12.1 Å². The molecule has 0 amide bonds. The van der Waals surface area contributed by atoms with Gasteiger partial charge in [-0.05, 0) is 48.4 Å². The molecule has 0 radical (unpaired) electrons. The van der Waals surface area contributed by atoms with Crippen LogP contribution in [0.4, 0.5) is 22.7 Å². The lowest BCUT2D eigenvalue weighted by molar-refractivity contribution is 0.191. The first-order valence-corrected chi connectivity index (χ1v) is 13.3. The number of rotatable bonds is 6. The SMILES string of the molecule is Cc1cc(N2CCNCC2)cc2c1NC(c1c(NC[C@H](O)c3cccc(Cl)c3)c3ccccc3[nH]c1=O)N2. The van der Waals surface area contributed by atoms with Gasteiger partial charge in [0.25, 0.3) is 5.56 Å². The van der Waals surface area contributed by atoms with Crippen molar-refractivity contribution in [2.75, 3.05) is 53.6 Å². The number of piperazine rings is 1. The number of fused-ring (bicyclic) bond motifs is 2. The van der Waals surface area contributed by atoms with E-state index in [9.17, 15) is 9.90 Å². The number of aliphatic hydroxyl groups is 1. The van der Waals surface area contributed by atoms with Crippen molar-refractivity contribution in [2.45, 2.75) is 19.2 Å². The normalized spacial score (nSPS) is 17.6. The Labute approximate surface area is 226 Å². The Balaban J connectivity index is 1.34. The lowest BCUT2D eigenvalue weighted by Crippen LogP contribution is -2.43. The molecule has 2 aliphatic rings. The average molecular weight is 531 g/mol. The van der Waals surface area contributed by atoms with E-state index < -0.39 is 12.3 Å². The number of pyridine rings is 1. The molecule has 0 bridgehead atoms. The van der Waals surface area contributed by atoms with E-state index >= 15 is 0 Å². The fraction of sp³-hybridized carbons (Fsp3) is 0.276. The average Bonchev–Trinajstić information content (AvgIpc) is 3.36. The first-order valence-electron chi connectivity index (χ1n) is 12.9. The van der Waals surface area contributed by atoms with Crippen molar-refractivity contribution in [3.8, 4) is 0 Å². The molecule has 0 saturated carbocycles. The Hall–Kier alpha value is -3.72. The van der Waals surface area contributed by atoms with Crippen molar-refractivity contribution in [1.82, 2.24) is 10.3 Å². The Morgan fingerprint density at radius 1 is 1.08 bits per heavy atom. The van der Waals surface area contributed by atoms with Crippen molar-refractivity contribution in [3.63, 3.8) is 0 Å². The third kappa shape index (κ3) is 4.67. The van der Waals surface area contributed by atoms with Crippen LogP contribution in [-0.4, -0.2) is 42.8 Å².